The molecule has 1 aliphatic rings. The van der Waals surface area contributed by atoms with Crippen molar-refractivity contribution in [3.05, 3.63) is 77.1 Å². The molecular formula is C24H23N5OS. The van der Waals surface area contributed by atoms with Crippen LogP contribution < -0.4 is 10.5 Å². The minimum Gasteiger partial charge on any atom is -0.496 e. The number of nitrogens with zero attached hydrogens (tertiary/aromatic N) is 4. The number of nitrogen functional groups attached to an aromatic ring is 1. The fourth-order valence-electron chi connectivity index (χ4n) is 3.83. The first kappa shape index (κ1) is 19.7. The van der Waals surface area contributed by atoms with Gasteiger partial charge < -0.3 is 10.5 Å². The van der Waals surface area contributed by atoms with Crippen LogP contribution in [-0.4, -0.2) is 33.5 Å². The Labute approximate surface area is 185 Å². The molecule has 0 atom stereocenters. The summed E-state index contributed by atoms with van der Waals surface area (Å²) >= 11 is 1.72. The number of para-hydroxylation sites is 1. The Morgan fingerprint density at radius 1 is 1.06 bits per heavy atom. The van der Waals surface area contributed by atoms with Crippen LogP contribution in [0.15, 0.2) is 60.9 Å². The first-order valence-electron chi connectivity index (χ1n) is 10.2. The summed E-state index contributed by atoms with van der Waals surface area (Å²) in [6.07, 6.45) is 4.85. The Morgan fingerprint density at radius 3 is 2.74 bits per heavy atom. The monoisotopic (exact) mass is 429 g/mol. The van der Waals surface area contributed by atoms with Crippen molar-refractivity contribution in [2.45, 2.75) is 19.5 Å². The lowest BCUT2D eigenvalue weighted by Gasteiger charge is -2.27. The number of hydrogen-bond acceptors (Lipinski definition) is 7. The largest absolute Gasteiger partial charge is 0.496 e. The third-order valence-corrected chi connectivity index (χ3v) is 6.47. The zero-order valence-electron chi connectivity index (χ0n) is 17.3. The highest BCUT2D eigenvalue weighted by molar-refractivity contribution is 7.15. The van der Waals surface area contributed by atoms with E-state index in [-0.39, 0.29) is 0 Å². The quantitative estimate of drug-likeness (QED) is 0.473. The van der Waals surface area contributed by atoms with Crippen molar-refractivity contribution in [1.29, 1.82) is 0 Å². The van der Waals surface area contributed by atoms with Gasteiger partial charge in [0.15, 0.2) is 5.82 Å². The number of benzene rings is 2. The smallest absolute Gasteiger partial charge is 0.159 e. The highest BCUT2D eigenvalue weighted by Crippen LogP contribution is 2.33. The Hall–Kier alpha value is -3.29. The molecule has 6 nitrogen and oxygen atoms in total. The molecule has 0 saturated heterocycles. The highest BCUT2D eigenvalue weighted by Gasteiger charge is 2.20. The van der Waals surface area contributed by atoms with Crippen molar-refractivity contribution in [1.82, 2.24) is 19.9 Å². The fraction of sp³-hybridized carbons (Fsp3) is 0.208. The maximum Gasteiger partial charge on any atom is 0.159 e. The number of hydrogen-bond donors (Lipinski definition) is 1. The minimum absolute atomic E-state index is 0.745. The lowest BCUT2D eigenvalue weighted by molar-refractivity contribution is 0.245. The third kappa shape index (κ3) is 4.15. The molecule has 0 bridgehead atoms. The predicted molar refractivity (Wildman–Crippen MR) is 124 cm³/mol. The number of anilines is 1. The highest BCUT2D eigenvalue weighted by atomic mass is 32.1. The molecule has 2 aromatic carbocycles. The molecule has 2 N–H and O–H groups in total. The van der Waals surface area contributed by atoms with Gasteiger partial charge in [0, 0.05) is 60.1 Å². The molecule has 0 fully saturated rings. The number of nitrogens with two attached hydrogens (primary N) is 1. The molecule has 4 aromatic rings. The molecule has 7 heteroatoms. The predicted octanol–water partition coefficient (Wildman–Crippen LogP) is 4.42. The summed E-state index contributed by atoms with van der Waals surface area (Å²) in [5.41, 5.74) is 10.9. The van der Waals surface area contributed by atoms with E-state index in [0.29, 0.717) is 0 Å². The molecular weight excluding hydrogens is 406 g/mol. The first-order chi connectivity index (χ1) is 15.2. The molecule has 0 aliphatic carbocycles. The van der Waals surface area contributed by atoms with Crippen LogP contribution in [0.2, 0.25) is 0 Å². The average Bonchev–Trinajstić information content (AvgIpc) is 3.27. The molecule has 0 radical (unpaired) electrons. The summed E-state index contributed by atoms with van der Waals surface area (Å²) in [6, 6.07) is 15.7. The summed E-state index contributed by atoms with van der Waals surface area (Å²) in [7, 11) is 1.69. The fourth-order valence-corrected chi connectivity index (χ4v) is 4.81. The SMILES string of the molecule is COc1ccccc1-c1ncc(CN2CCc3nc(-c4ccc(N)cc4)ncc3C2)s1. The van der Waals surface area contributed by atoms with Gasteiger partial charge in [-0.25, -0.2) is 15.0 Å². The summed E-state index contributed by atoms with van der Waals surface area (Å²) in [6.45, 7) is 2.68. The van der Waals surface area contributed by atoms with Crippen LogP contribution in [0.4, 0.5) is 5.69 Å². The zero-order chi connectivity index (χ0) is 21.2. The van der Waals surface area contributed by atoms with E-state index in [1.807, 2.05) is 54.9 Å². The topological polar surface area (TPSA) is 77.2 Å². The number of aromatic nitrogens is 3. The average molecular weight is 430 g/mol. The summed E-state index contributed by atoms with van der Waals surface area (Å²) in [5, 5.41) is 0.987. The molecule has 2 aromatic heterocycles. The van der Waals surface area contributed by atoms with Crippen molar-refractivity contribution < 1.29 is 4.74 Å². The second-order valence-electron chi connectivity index (χ2n) is 7.58. The lowest BCUT2D eigenvalue weighted by atomic mass is 10.1. The van der Waals surface area contributed by atoms with Crippen molar-refractivity contribution in [2.24, 2.45) is 0 Å². The van der Waals surface area contributed by atoms with E-state index < -0.39 is 0 Å². The van der Waals surface area contributed by atoms with E-state index >= 15 is 0 Å². The lowest BCUT2D eigenvalue weighted by Crippen LogP contribution is -2.30. The van der Waals surface area contributed by atoms with Crippen LogP contribution in [0.1, 0.15) is 16.1 Å². The molecule has 0 saturated carbocycles. The normalized spacial score (nSPS) is 13.7. The molecule has 0 spiro atoms. The second-order valence-corrected chi connectivity index (χ2v) is 8.70. The number of ether oxygens (including phenoxy) is 1. The van der Waals surface area contributed by atoms with Gasteiger partial charge in [0.05, 0.1) is 18.4 Å². The van der Waals surface area contributed by atoms with Gasteiger partial charge in [-0.3, -0.25) is 4.90 Å². The van der Waals surface area contributed by atoms with Gasteiger partial charge in [0.25, 0.3) is 0 Å². The molecule has 1 aliphatic heterocycles. The van der Waals surface area contributed by atoms with Gasteiger partial charge in [-0.2, -0.15) is 0 Å². The first-order valence-corrected chi connectivity index (χ1v) is 11.0. The van der Waals surface area contributed by atoms with Crippen LogP contribution >= 0.6 is 11.3 Å². The van der Waals surface area contributed by atoms with Gasteiger partial charge in [-0.1, -0.05) is 12.1 Å². The van der Waals surface area contributed by atoms with Crippen molar-refractivity contribution in [3.63, 3.8) is 0 Å². The van der Waals surface area contributed by atoms with Crippen LogP contribution in [-0.2, 0) is 19.5 Å². The van der Waals surface area contributed by atoms with Gasteiger partial charge in [0.2, 0.25) is 0 Å². The minimum atomic E-state index is 0.745. The molecule has 3 heterocycles. The van der Waals surface area contributed by atoms with Crippen molar-refractivity contribution >= 4 is 17.0 Å². The van der Waals surface area contributed by atoms with Gasteiger partial charge in [0.1, 0.15) is 10.8 Å². The van der Waals surface area contributed by atoms with Crippen LogP contribution in [0.5, 0.6) is 5.75 Å². The Kier molecular flexibility index (Phi) is 5.36. The summed E-state index contributed by atoms with van der Waals surface area (Å²) in [5.74, 6) is 1.61. The van der Waals surface area contributed by atoms with E-state index in [1.165, 1.54) is 10.4 Å². The van der Waals surface area contributed by atoms with E-state index in [4.69, 9.17) is 15.5 Å². The summed E-state index contributed by atoms with van der Waals surface area (Å²) in [4.78, 5) is 17.7. The van der Waals surface area contributed by atoms with Crippen LogP contribution in [0.3, 0.4) is 0 Å². The van der Waals surface area contributed by atoms with Crippen molar-refractivity contribution in [3.8, 4) is 27.7 Å². The standard InChI is InChI=1S/C24H23N5OS/c1-30-22-5-3-2-4-20(22)24-27-13-19(31-24)15-29-11-10-21-17(14-29)12-26-23(28-21)16-6-8-18(25)9-7-16/h2-9,12-13H,10-11,14-15,25H2,1H3. The van der Waals surface area contributed by atoms with E-state index in [2.05, 4.69) is 20.9 Å². The van der Waals surface area contributed by atoms with Gasteiger partial charge in [-0.05, 0) is 36.4 Å². The molecule has 31 heavy (non-hydrogen) atoms. The summed E-state index contributed by atoms with van der Waals surface area (Å²) < 4.78 is 5.48. The van der Waals surface area contributed by atoms with Crippen LogP contribution in [0, 0.1) is 0 Å². The number of fused-ring (bicyclic) bond motifs is 1. The van der Waals surface area contributed by atoms with Gasteiger partial charge >= 0.3 is 0 Å². The molecule has 156 valence electrons. The van der Waals surface area contributed by atoms with Crippen LogP contribution in [0.25, 0.3) is 22.0 Å². The Balaban J connectivity index is 1.29. The molecule has 0 amide bonds. The van der Waals surface area contributed by atoms with E-state index in [9.17, 15) is 0 Å². The number of rotatable bonds is 5. The van der Waals surface area contributed by atoms with E-state index in [0.717, 1.165) is 65.1 Å². The van der Waals surface area contributed by atoms with Crippen molar-refractivity contribution in [2.75, 3.05) is 19.4 Å². The maximum absolute atomic E-state index is 5.79. The van der Waals surface area contributed by atoms with E-state index in [1.54, 1.807) is 18.4 Å². The molecule has 0 unspecified atom stereocenters. The Morgan fingerprint density at radius 2 is 1.90 bits per heavy atom. The molecule has 5 rings (SSSR count). The Bertz CT molecular complexity index is 1200. The number of thiazole rings is 1. The van der Waals surface area contributed by atoms with Gasteiger partial charge in [-0.15, -0.1) is 11.3 Å². The number of methoxy groups -OCH3 is 1. The second kappa shape index (κ2) is 8.45. The third-order valence-electron chi connectivity index (χ3n) is 5.45. The zero-order valence-corrected chi connectivity index (χ0v) is 18.1. The maximum atomic E-state index is 5.79.